The van der Waals surface area contributed by atoms with Gasteiger partial charge in [0.15, 0.2) is 0 Å². The molecule has 31 heavy (non-hydrogen) atoms. The second-order valence-corrected chi connectivity index (χ2v) is 9.23. The molecule has 0 spiro atoms. The van der Waals surface area contributed by atoms with Gasteiger partial charge in [-0.05, 0) is 38.5 Å². The maximum absolute atomic E-state index is 11.8. The molecule has 184 valence electrons. The molecule has 0 fully saturated rings. The molecule has 0 aliphatic carbocycles. The molecule has 1 atom stereocenters. The number of rotatable bonds is 24. The summed E-state index contributed by atoms with van der Waals surface area (Å²) in [4.78, 5) is 11.8. The lowest BCUT2D eigenvalue weighted by molar-refractivity contribution is -0.146. The predicted octanol–water partition coefficient (Wildman–Crippen LogP) is 8.68. The largest absolute Gasteiger partial charge is 0.463 e. The highest BCUT2D eigenvalue weighted by Crippen LogP contribution is 2.11. The first-order valence-electron chi connectivity index (χ1n) is 13.7. The molecule has 0 radical (unpaired) electrons. The molecule has 0 saturated heterocycles. The Morgan fingerprint density at radius 2 is 1.13 bits per heavy atom. The lowest BCUT2D eigenvalue weighted by Gasteiger charge is -2.11. The summed E-state index contributed by atoms with van der Waals surface area (Å²) in [6.07, 6.45) is 29.1. The third-order valence-electron chi connectivity index (χ3n) is 5.97. The smallest absolute Gasteiger partial charge is 0.305 e. The van der Waals surface area contributed by atoms with Gasteiger partial charge in [-0.3, -0.25) is 4.79 Å². The van der Waals surface area contributed by atoms with Crippen LogP contribution in [0, 0.1) is 0 Å². The molecule has 0 aromatic carbocycles. The Balaban J connectivity index is 3.32. The van der Waals surface area contributed by atoms with Crippen molar-refractivity contribution < 1.29 is 14.6 Å². The lowest BCUT2D eigenvalue weighted by Crippen LogP contribution is -2.18. The first kappa shape index (κ1) is 30.2. The van der Waals surface area contributed by atoms with Crippen molar-refractivity contribution in [2.45, 2.75) is 155 Å². The molecule has 0 amide bonds. The second-order valence-electron chi connectivity index (χ2n) is 9.23. The van der Waals surface area contributed by atoms with E-state index in [1.807, 2.05) is 0 Å². The Kier molecular flexibility index (Phi) is 24.7. The molecular weight excluding hydrogens is 384 g/mol. The van der Waals surface area contributed by atoms with Gasteiger partial charge in [-0.15, -0.1) is 0 Å². The summed E-state index contributed by atoms with van der Waals surface area (Å²) in [6, 6.07) is 0. The summed E-state index contributed by atoms with van der Waals surface area (Å²) in [5.74, 6) is -0.153. The zero-order valence-corrected chi connectivity index (χ0v) is 21.1. The fraction of sp³-hybridized carbons (Fsp3) is 0.893. The molecule has 0 saturated carbocycles. The fourth-order valence-corrected chi connectivity index (χ4v) is 3.85. The van der Waals surface area contributed by atoms with E-state index in [-0.39, 0.29) is 12.6 Å². The summed E-state index contributed by atoms with van der Waals surface area (Å²) in [7, 11) is 0. The molecule has 3 nitrogen and oxygen atoms in total. The number of allylic oxidation sites excluding steroid dienone is 2. The van der Waals surface area contributed by atoms with Crippen LogP contribution in [0.2, 0.25) is 0 Å². The highest BCUT2D eigenvalue weighted by Gasteiger charge is 2.08. The third kappa shape index (κ3) is 25.3. The van der Waals surface area contributed by atoms with Crippen LogP contribution in [-0.2, 0) is 9.53 Å². The van der Waals surface area contributed by atoms with E-state index in [0.717, 1.165) is 25.7 Å². The maximum Gasteiger partial charge on any atom is 0.305 e. The van der Waals surface area contributed by atoms with Crippen molar-refractivity contribution in [3.05, 3.63) is 12.2 Å². The predicted molar refractivity (Wildman–Crippen MR) is 134 cm³/mol. The molecule has 0 heterocycles. The molecule has 0 aromatic heterocycles. The monoisotopic (exact) mass is 438 g/mol. The van der Waals surface area contributed by atoms with Crippen LogP contribution < -0.4 is 0 Å². The first-order valence-corrected chi connectivity index (χ1v) is 13.7. The van der Waals surface area contributed by atoms with Crippen molar-refractivity contribution in [2.75, 3.05) is 6.61 Å². The minimum Gasteiger partial charge on any atom is -0.463 e. The minimum atomic E-state index is -0.496. The van der Waals surface area contributed by atoms with Gasteiger partial charge in [0.05, 0.1) is 6.10 Å². The van der Waals surface area contributed by atoms with E-state index in [1.165, 1.54) is 103 Å². The van der Waals surface area contributed by atoms with Gasteiger partial charge in [-0.25, -0.2) is 0 Å². The van der Waals surface area contributed by atoms with Crippen LogP contribution in [0.15, 0.2) is 12.2 Å². The van der Waals surface area contributed by atoms with Crippen molar-refractivity contribution in [2.24, 2.45) is 0 Å². The maximum atomic E-state index is 11.8. The van der Waals surface area contributed by atoms with Crippen LogP contribution in [0.4, 0.5) is 0 Å². The second kappa shape index (κ2) is 25.4. The Hall–Kier alpha value is -0.830. The molecule has 1 N–H and O–H groups in total. The van der Waals surface area contributed by atoms with Crippen LogP contribution in [0.1, 0.15) is 149 Å². The number of hydrogen-bond donors (Lipinski definition) is 1. The normalized spacial score (nSPS) is 12.5. The van der Waals surface area contributed by atoms with Gasteiger partial charge in [-0.1, -0.05) is 116 Å². The Bertz CT molecular complexity index is 392. The molecule has 0 aliphatic rings. The fourth-order valence-electron chi connectivity index (χ4n) is 3.85. The zero-order chi connectivity index (χ0) is 22.8. The summed E-state index contributed by atoms with van der Waals surface area (Å²) < 4.78 is 5.22. The van der Waals surface area contributed by atoms with Crippen molar-refractivity contribution in [3.8, 4) is 0 Å². The molecule has 1 unspecified atom stereocenters. The van der Waals surface area contributed by atoms with Gasteiger partial charge < -0.3 is 9.84 Å². The number of ether oxygens (including phenoxy) is 1. The number of esters is 1. The summed E-state index contributed by atoms with van der Waals surface area (Å²) in [6.45, 7) is 4.65. The highest BCUT2D eigenvalue weighted by atomic mass is 16.5. The van der Waals surface area contributed by atoms with Crippen LogP contribution in [0.25, 0.3) is 0 Å². The Morgan fingerprint density at radius 1 is 0.677 bits per heavy atom. The number of unbranched alkanes of at least 4 members (excludes halogenated alkanes) is 16. The van der Waals surface area contributed by atoms with E-state index in [2.05, 4.69) is 26.0 Å². The van der Waals surface area contributed by atoms with Crippen LogP contribution in [0.3, 0.4) is 0 Å². The number of aliphatic hydroxyl groups is 1. The average molecular weight is 439 g/mol. The lowest BCUT2D eigenvalue weighted by atomic mass is 10.1. The SMILES string of the molecule is CCCCCCCC/C=C/CCCCCCCC(=O)OCC(O)CCCCCCCC. The van der Waals surface area contributed by atoms with E-state index in [1.54, 1.807) is 0 Å². The number of hydrogen-bond acceptors (Lipinski definition) is 3. The van der Waals surface area contributed by atoms with Gasteiger partial charge >= 0.3 is 5.97 Å². The molecule has 0 aromatic rings. The average Bonchev–Trinajstić information content (AvgIpc) is 2.77. The molecule has 0 aliphatic heterocycles. The summed E-state index contributed by atoms with van der Waals surface area (Å²) in [5.41, 5.74) is 0. The van der Waals surface area contributed by atoms with Crippen LogP contribution >= 0.6 is 0 Å². The Morgan fingerprint density at radius 3 is 1.68 bits per heavy atom. The number of carbonyl (C=O) groups excluding carboxylic acids is 1. The topological polar surface area (TPSA) is 46.5 Å². The summed E-state index contributed by atoms with van der Waals surface area (Å²) in [5, 5.41) is 9.92. The van der Waals surface area contributed by atoms with Gasteiger partial charge in [0.25, 0.3) is 0 Å². The third-order valence-corrected chi connectivity index (χ3v) is 5.97. The van der Waals surface area contributed by atoms with E-state index in [0.29, 0.717) is 6.42 Å². The molecule has 0 bridgehead atoms. The van der Waals surface area contributed by atoms with E-state index in [9.17, 15) is 9.90 Å². The van der Waals surface area contributed by atoms with Crippen molar-refractivity contribution in [1.82, 2.24) is 0 Å². The minimum absolute atomic E-state index is 0.153. The van der Waals surface area contributed by atoms with Crippen molar-refractivity contribution in [1.29, 1.82) is 0 Å². The summed E-state index contributed by atoms with van der Waals surface area (Å²) >= 11 is 0. The van der Waals surface area contributed by atoms with Crippen molar-refractivity contribution >= 4 is 5.97 Å². The molecule has 3 heteroatoms. The zero-order valence-electron chi connectivity index (χ0n) is 21.1. The van der Waals surface area contributed by atoms with Crippen LogP contribution in [0.5, 0.6) is 0 Å². The first-order chi connectivity index (χ1) is 15.2. The van der Waals surface area contributed by atoms with Gasteiger partial charge in [0.1, 0.15) is 6.61 Å². The standard InChI is InChI=1S/C28H54O3/c1-3-5-7-9-11-12-13-14-15-16-17-18-19-21-23-25-28(30)31-26-27(29)24-22-20-10-8-6-4-2/h14-15,27,29H,3-13,16-26H2,1-2H3/b15-14+. The van der Waals surface area contributed by atoms with Gasteiger partial charge in [0.2, 0.25) is 0 Å². The van der Waals surface area contributed by atoms with Crippen molar-refractivity contribution in [3.63, 3.8) is 0 Å². The molecular formula is C28H54O3. The van der Waals surface area contributed by atoms with Crippen LogP contribution in [-0.4, -0.2) is 23.8 Å². The van der Waals surface area contributed by atoms with E-state index >= 15 is 0 Å². The molecule has 0 rings (SSSR count). The number of carbonyl (C=O) groups is 1. The van der Waals surface area contributed by atoms with E-state index < -0.39 is 6.10 Å². The Labute approximate surface area is 194 Å². The van der Waals surface area contributed by atoms with E-state index in [4.69, 9.17) is 4.74 Å². The van der Waals surface area contributed by atoms with Gasteiger partial charge in [0, 0.05) is 6.42 Å². The highest BCUT2D eigenvalue weighted by molar-refractivity contribution is 5.69. The quantitative estimate of drug-likeness (QED) is 0.0931. The number of aliphatic hydroxyl groups excluding tert-OH is 1. The van der Waals surface area contributed by atoms with Gasteiger partial charge in [-0.2, -0.15) is 0 Å².